The third kappa shape index (κ3) is 2.23. The first-order chi connectivity index (χ1) is 7.63. The van der Waals surface area contributed by atoms with E-state index in [-0.39, 0.29) is 18.5 Å². The number of halogens is 2. The predicted octanol–water partition coefficient (Wildman–Crippen LogP) is 2.20. The molecule has 0 fully saturated rings. The minimum atomic E-state index is -2.82. The summed E-state index contributed by atoms with van der Waals surface area (Å²) in [4.78, 5) is 0. The van der Waals surface area contributed by atoms with E-state index >= 15 is 0 Å². The summed E-state index contributed by atoms with van der Waals surface area (Å²) in [5.74, 6) is -2.82. The molecule has 1 aliphatic rings. The molecule has 0 saturated carbocycles. The lowest BCUT2D eigenvalue weighted by atomic mass is 9.96. The van der Waals surface area contributed by atoms with Gasteiger partial charge in [0.1, 0.15) is 0 Å². The maximum Gasteiger partial charge on any atom is 0.274 e. The van der Waals surface area contributed by atoms with Crippen LogP contribution in [-0.4, -0.2) is 13.2 Å². The van der Waals surface area contributed by atoms with E-state index in [1.165, 1.54) is 6.07 Å². The van der Waals surface area contributed by atoms with Gasteiger partial charge >= 0.3 is 0 Å². The number of alkyl halides is 2. The fraction of sp³-hybridized carbons (Fsp3) is 0.500. The number of hydrogen-bond donors (Lipinski definition) is 1. The molecule has 88 valence electrons. The maximum atomic E-state index is 13.6. The number of rotatable bonds is 3. The molecular formula is C12H15F2NO. The van der Waals surface area contributed by atoms with Crippen LogP contribution in [0.25, 0.3) is 0 Å². The molecule has 4 heteroatoms. The van der Waals surface area contributed by atoms with Crippen molar-refractivity contribution in [1.82, 2.24) is 0 Å². The van der Waals surface area contributed by atoms with Crippen LogP contribution in [0, 0.1) is 0 Å². The van der Waals surface area contributed by atoms with Crippen LogP contribution in [0.3, 0.4) is 0 Å². The molecule has 0 bridgehead atoms. The van der Waals surface area contributed by atoms with Crippen molar-refractivity contribution in [2.45, 2.75) is 25.4 Å². The number of ether oxygens (including phenoxy) is 1. The molecule has 0 amide bonds. The van der Waals surface area contributed by atoms with Crippen LogP contribution in [-0.2, 0) is 23.7 Å². The van der Waals surface area contributed by atoms with Gasteiger partial charge in [-0.05, 0) is 30.2 Å². The van der Waals surface area contributed by atoms with Gasteiger partial charge in [0.15, 0.2) is 0 Å². The second-order valence-electron chi connectivity index (χ2n) is 4.03. The van der Waals surface area contributed by atoms with E-state index in [1.807, 2.05) is 0 Å². The zero-order valence-electron chi connectivity index (χ0n) is 9.01. The molecule has 0 radical (unpaired) electrons. The zero-order valence-corrected chi connectivity index (χ0v) is 9.01. The van der Waals surface area contributed by atoms with Crippen molar-refractivity contribution >= 4 is 0 Å². The molecule has 0 saturated heterocycles. The highest BCUT2D eigenvalue weighted by molar-refractivity contribution is 5.35. The first-order valence-electron chi connectivity index (χ1n) is 5.41. The van der Waals surface area contributed by atoms with Gasteiger partial charge in [0.2, 0.25) is 0 Å². The third-order valence-corrected chi connectivity index (χ3v) is 2.86. The average Bonchev–Trinajstić information content (AvgIpc) is 2.28. The van der Waals surface area contributed by atoms with E-state index in [0.29, 0.717) is 19.6 Å². The molecule has 0 spiro atoms. The number of hydrogen-bond acceptors (Lipinski definition) is 2. The number of benzene rings is 1. The Hall–Kier alpha value is -1.00. The minimum Gasteiger partial charge on any atom is -0.376 e. The molecule has 1 heterocycles. The molecule has 1 aromatic carbocycles. The Bertz CT molecular complexity index is 379. The van der Waals surface area contributed by atoms with Gasteiger partial charge in [-0.3, -0.25) is 0 Å². The summed E-state index contributed by atoms with van der Waals surface area (Å²) in [7, 11) is 0. The highest BCUT2D eigenvalue weighted by atomic mass is 19.3. The lowest BCUT2D eigenvalue weighted by Crippen LogP contribution is -2.20. The Labute approximate surface area is 93.4 Å². The highest BCUT2D eigenvalue weighted by Crippen LogP contribution is 2.33. The molecule has 1 aromatic rings. The van der Waals surface area contributed by atoms with Crippen LogP contribution in [0.15, 0.2) is 18.2 Å². The smallest absolute Gasteiger partial charge is 0.274 e. The summed E-state index contributed by atoms with van der Waals surface area (Å²) < 4.78 is 32.5. The van der Waals surface area contributed by atoms with E-state index in [0.717, 1.165) is 11.1 Å². The Kier molecular flexibility index (Phi) is 3.21. The van der Waals surface area contributed by atoms with Crippen LogP contribution in [0.4, 0.5) is 8.78 Å². The van der Waals surface area contributed by atoms with Crippen molar-refractivity contribution < 1.29 is 13.5 Å². The summed E-state index contributed by atoms with van der Waals surface area (Å²) in [6.07, 6.45) is 0.407. The Morgan fingerprint density at radius 2 is 2.12 bits per heavy atom. The summed E-state index contributed by atoms with van der Waals surface area (Å²) in [5, 5.41) is 0. The van der Waals surface area contributed by atoms with Crippen LogP contribution in [0.2, 0.25) is 0 Å². The molecule has 2 rings (SSSR count). The fourth-order valence-corrected chi connectivity index (χ4v) is 1.92. The second-order valence-corrected chi connectivity index (χ2v) is 4.03. The standard InChI is InChI=1S/C12H15F2NO/c13-12(14,4-5-15)11-2-1-10-8-16-6-3-9(10)7-11/h1-2,7H,3-6,8,15H2. The molecular weight excluding hydrogens is 212 g/mol. The highest BCUT2D eigenvalue weighted by Gasteiger charge is 2.31. The topological polar surface area (TPSA) is 35.2 Å². The lowest BCUT2D eigenvalue weighted by Gasteiger charge is -2.21. The van der Waals surface area contributed by atoms with Gasteiger partial charge in [0, 0.05) is 12.0 Å². The molecule has 2 N–H and O–H groups in total. The Morgan fingerprint density at radius 3 is 2.88 bits per heavy atom. The van der Waals surface area contributed by atoms with Gasteiger partial charge in [-0.2, -0.15) is 0 Å². The molecule has 0 aromatic heterocycles. The van der Waals surface area contributed by atoms with Crippen LogP contribution >= 0.6 is 0 Å². The maximum absolute atomic E-state index is 13.6. The monoisotopic (exact) mass is 227 g/mol. The van der Waals surface area contributed by atoms with Crippen LogP contribution < -0.4 is 5.73 Å². The van der Waals surface area contributed by atoms with Crippen molar-refractivity contribution in [2.75, 3.05) is 13.2 Å². The van der Waals surface area contributed by atoms with Gasteiger partial charge in [-0.25, -0.2) is 8.78 Å². The van der Waals surface area contributed by atoms with Crippen molar-refractivity contribution in [3.63, 3.8) is 0 Å². The van der Waals surface area contributed by atoms with Crippen LogP contribution in [0.5, 0.6) is 0 Å². The molecule has 0 atom stereocenters. The quantitative estimate of drug-likeness (QED) is 0.859. The predicted molar refractivity (Wildman–Crippen MR) is 57.4 cm³/mol. The van der Waals surface area contributed by atoms with Crippen LogP contribution in [0.1, 0.15) is 23.1 Å². The lowest BCUT2D eigenvalue weighted by molar-refractivity contribution is -0.0109. The third-order valence-electron chi connectivity index (χ3n) is 2.86. The van der Waals surface area contributed by atoms with Gasteiger partial charge in [-0.15, -0.1) is 0 Å². The van der Waals surface area contributed by atoms with Gasteiger partial charge in [0.25, 0.3) is 5.92 Å². The van der Waals surface area contributed by atoms with Gasteiger partial charge in [0.05, 0.1) is 13.2 Å². The largest absolute Gasteiger partial charge is 0.376 e. The molecule has 0 aliphatic carbocycles. The van der Waals surface area contributed by atoms with Crippen molar-refractivity contribution in [2.24, 2.45) is 5.73 Å². The van der Waals surface area contributed by atoms with E-state index in [4.69, 9.17) is 10.5 Å². The van der Waals surface area contributed by atoms with E-state index in [1.54, 1.807) is 12.1 Å². The SMILES string of the molecule is NCCC(F)(F)c1ccc2c(c1)CCOC2. The number of fused-ring (bicyclic) bond motifs is 1. The molecule has 0 unspecified atom stereocenters. The molecule has 1 aliphatic heterocycles. The van der Waals surface area contributed by atoms with Crippen molar-refractivity contribution in [1.29, 1.82) is 0 Å². The number of nitrogens with two attached hydrogens (primary N) is 1. The first-order valence-corrected chi connectivity index (χ1v) is 5.41. The normalized spacial score (nSPS) is 15.9. The van der Waals surface area contributed by atoms with Crippen molar-refractivity contribution in [3.05, 3.63) is 34.9 Å². The van der Waals surface area contributed by atoms with E-state index in [2.05, 4.69) is 0 Å². The summed E-state index contributed by atoms with van der Waals surface area (Å²) in [5.41, 5.74) is 7.24. The second kappa shape index (κ2) is 4.47. The van der Waals surface area contributed by atoms with E-state index in [9.17, 15) is 8.78 Å². The van der Waals surface area contributed by atoms with Gasteiger partial charge < -0.3 is 10.5 Å². The zero-order chi connectivity index (χ0) is 11.6. The molecule has 2 nitrogen and oxygen atoms in total. The minimum absolute atomic E-state index is 0.00675. The summed E-state index contributed by atoms with van der Waals surface area (Å²) >= 11 is 0. The Balaban J connectivity index is 2.29. The average molecular weight is 227 g/mol. The molecule has 16 heavy (non-hydrogen) atoms. The summed E-state index contributed by atoms with van der Waals surface area (Å²) in [6.45, 7) is 1.13. The van der Waals surface area contributed by atoms with E-state index < -0.39 is 5.92 Å². The summed E-state index contributed by atoms with van der Waals surface area (Å²) in [6, 6.07) is 4.80. The first kappa shape index (κ1) is 11.5. The fourth-order valence-electron chi connectivity index (χ4n) is 1.92. The van der Waals surface area contributed by atoms with Crippen molar-refractivity contribution in [3.8, 4) is 0 Å². The van der Waals surface area contributed by atoms with Gasteiger partial charge in [-0.1, -0.05) is 12.1 Å². The Morgan fingerprint density at radius 1 is 1.31 bits per heavy atom.